The third-order valence-electron chi connectivity index (χ3n) is 2.57. The molecule has 1 fully saturated rings. The predicted octanol–water partition coefficient (Wildman–Crippen LogP) is 1.67. The summed E-state index contributed by atoms with van der Waals surface area (Å²) in [6.45, 7) is 1.10. The van der Waals surface area contributed by atoms with Crippen LogP contribution in [0.5, 0.6) is 0 Å². The normalized spacial score (nSPS) is 21.5. The van der Waals surface area contributed by atoms with Crippen LogP contribution in [0.25, 0.3) is 0 Å². The van der Waals surface area contributed by atoms with Gasteiger partial charge < -0.3 is 10.0 Å². The van der Waals surface area contributed by atoms with E-state index in [-0.39, 0.29) is 0 Å². The molecular weight excluding hydrogens is 221 g/mol. The van der Waals surface area contributed by atoms with E-state index in [1.54, 1.807) is 0 Å². The number of pyridine rings is 1. The van der Waals surface area contributed by atoms with Crippen LogP contribution < -0.4 is 4.90 Å². The molecule has 1 atom stereocenters. The summed E-state index contributed by atoms with van der Waals surface area (Å²) in [5.41, 5.74) is -0.277. The Kier molecular flexibility index (Phi) is 2.75. The van der Waals surface area contributed by atoms with Crippen LogP contribution >= 0.6 is 0 Å². The van der Waals surface area contributed by atoms with E-state index >= 15 is 0 Å². The molecule has 2 rings (SSSR count). The van der Waals surface area contributed by atoms with Gasteiger partial charge in [0.25, 0.3) is 0 Å². The van der Waals surface area contributed by atoms with Crippen molar-refractivity contribution in [1.82, 2.24) is 4.98 Å². The van der Waals surface area contributed by atoms with E-state index < -0.39 is 18.0 Å². The largest absolute Gasteiger partial charge is 0.433 e. The van der Waals surface area contributed by atoms with Gasteiger partial charge >= 0.3 is 6.18 Å². The topological polar surface area (TPSA) is 36.4 Å². The van der Waals surface area contributed by atoms with Crippen molar-refractivity contribution in [3.05, 3.63) is 24.0 Å². The molecule has 0 bridgehead atoms. The summed E-state index contributed by atoms with van der Waals surface area (Å²) in [6, 6.07) is 2.34. The van der Waals surface area contributed by atoms with E-state index in [0.29, 0.717) is 25.2 Å². The highest BCUT2D eigenvalue weighted by molar-refractivity contribution is 5.46. The molecule has 1 N–H and O–H groups in total. The van der Waals surface area contributed by atoms with Gasteiger partial charge in [0.05, 0.1) is 18.0 Å². The molecule has 88 valence electrons. The Labute approximate surface area is 90.5 Å². The summed E-state index contributed by atoms with van der Waals surface area (Å²) >= 11 is 0. The number of β-amino-alcohol motifs (C(OH)–C–C–N with tert-alkyl or cyclic N) is 1. The molecule has 1 saturated heterocycles. The second-order valence-electron chi connectivity index (χ2n) is 3.79. The summed E-state index contributed by atoms with van der Waals surface area (Å²) in [5.74, 6) is 0. The summed E-state index contributed by atoms with van der Waals surface area (Å²) in [5, 5.41) is 9.30. The van der Waals surface area contributed by atoms with Crippen molar-refractivity contribution >= 4 is 5.69 Å². The Balaban J connectivity index is 2.14. The number of hydrogen-bond donors (Lipinski definition) is 1. The standard InChI is InChI=1S/C10H11F3N2O/c11-10(12,13)9-2-1-7(5-14-9)15-4-3-8(16)6-15/h1-2,5,8,16H,3-4,6H2. The van der Waals surface area contributed by atoms with Gasteiger partial charge in [-0.1, -0.05) is 0 Å². The Bertz CT molecular complexity index is 363. The zero-order valence-corrected chi connectivity index (χ0v) is 8.41. The summed E-state index contributed by atoms with van der Waals surface area (Å²) in [6.07, 6.45) is -2.97. The molecule has 0 radical (unpaired) electrons. The van der Waals surface area contributed by atoms with E-state index in [1.807, 2.05) is 4.90 Å². The fraction of sp³-hybridized carbons (Fsp3) is 0.500. The minimum absolute atomic E-state index is 0.401. The molecular formula is C10H11F3N2O. The van der Waals surface area contributed by atoms with E-state index in [4.69, 9.17) is 0 Å². The maximum Gasteiger partial charge on any atom is 0.433 e. The van der Waals surface area contributed by atoms with Gasteiger partial charge in [-0.25, -0.2) is 4.98 Å². The van der Waals surface area contributed by atoms with Gasteiger partial charge in [-0.15, -0.1) is 0 Å². The Morgan fingerprint density at radius 2 is 2.12 bits per heavy atom. The molecule has 3 nitrogen and oxygen atoms in total. The van der Waals surface area contributed by atoms with E-state index in [9.17, 15) is 18.3 Å². The van der Waals surface area contributed by atoms with Gasteiger partial charge in [-0.2, -0.15) is 13.2 Å². The SMILES string of the molecule is OC1CCN(c2ccc(C(F)(F)F)nc2)C1. The number of rotatable bonds is 1. The lowest BCUT2D eigenvalue weighted by molar-refractivity contribution is -0.141. The first kappa shape index (κ1) is 11.2. The third kappa shape index (κ3) is 2.27. The highest BCUT2D eigenvalue weighted by atomic mass is 19.4. The fourth-order valence-electron chi connectivity index (χ4n) is 1.72. The Morgan fingerprint density at radius 3 is 2.56 bits per heavy atom. The van der Waals surface area contributed by atoms with Crippen LogP contribution in [0.2, 0.25) is 0 Å². The quantitative estimate of drug-likeness (QED) is 0.800. The fourth-order valence-corrected chi connectivity index (χ4v) is 1.72. The molecule has 2 heterocycles. The zero-order valence-electron chi connectivity index (χ0n) is 8.41. The summed E-state index contributed by atoms with van der Waals surface area (Å²) in [4.78, 5) is 5.19. The van der Waals surface area contributed by atoms with Crippen LogP contribution in [0.3, 0.4) is 0 Å². The predicted molar refractivity (Wildman–Crippen MR) is 52.1 cm³/mol. The van der Waals surface area contributed by atoms with Crippen LogP contribution in [0.15, 0.2) is 18.3 Å². The minimum Gasteiger partial charge on any atom is -0.391 e. The Hall–Kier alpha value is -1.30. The molecule has 16 heavy (non-hydrogen) atoms. The van der Waals surface area contributed by atoms with E-state index in [0.717, 1.165) is 6.07 Å². The second kappa shape index (κ2) is 3.93. The van der Waals surface area contributed by atoms with Crippen molar-refractivity contribution in [1.29, 1.82) is 0 Å². The van der Waals surface area contributed by atoms with Crippen molar-refractivity contribution in [2.45, 2.75) is 18.7 Å². The molecule has 1 aromatic rings. The molecule has 0 amide bonds. The maximum absolute atomic E-state index is 12.2. The monoisotopic (exact) mass is 232 g/mol. The van der Waals surface area contributed by atoms with Crippen molar-refractivity contribution in [3.63, 3.8) is 0 Å². The number of aliphatic hydroxyl groups is 1. The molecule has 0 spiro atoms. The highest BCUT2D eigenvalue weighted by Gasteiger charge is 2.32. The molecule has 1 aliphatic heterocycles. The number of hydrogen-bond acceptors (Lipinski definition) is 3. The number of aliphatic hydroxyl groups excluding tert-OH is 1. The van der Waals surface area contributed by atoms with Crippen LogP contribution in [-0.4, -0.2) is 29.3 Å². The second-order valence-corrected chi connectivity index (χ2v) is 3.79. The average molecular weight is 232 g/mol. The lowest BCUT2D eigenvalue weighted by Gasteiger charge is -2.17. The first-order chi connectivity index (χ1) is 7.47. The molecule has 0 aromatic carbocycles. The summed E-state index contributed by atoms with van der Waals surface area (Å²) in [7, 11) is 0. The smallest absolute Gasteiger partial charge is 0.391 e. The van der Waals surface area contributed by atoms with Gasteiger partial charge in [0.1, 0.15) is 5.69 Å². The van der Waals surface area contributed by atoms with Crippen molar-refractivity contribution < 1.29 is 18.3 Å². The molecule has 1 unspecified atom stereocenters. The third-order valence-corrected chi connectivity index (χ3v) is 2.57. The minimum atomic E-state index is -4.40. The van der Waals surface area contributed by atoms with Gasteiger partial charge in [0, 0.05) is 13.1 Å². The van der Waals surface area contributed by atoms with Crippen molar-refractivity contribution in [2.75, 3.05) is 18.0 Å². The van der Waals surface area contributed by atoms with Crippen molar-refractivity contribution in [2.24, 2.45) is 0 Å². The number of halogens is 3. The van der Waals surface area contributed by atoms with Crippen LogP contribution in [0, 0.1) is 0 Å². The molecule has 0 aliphatic carbocycles. The van der Waals surface area contributed by atoms with Crippen LogP contribution in [0.4, 0.5) is 18.9 Å². The van der Waals surface area contributed by atoms with Crippen molar-refractivity contribution in [3.8, 4) is 0 Å². The van der Waals surface area contributed by atoms with Crippen LogP contribution in [-0.2, 0) is 6.18 Å². The molecule has 1 aromatic heterocycles. The van der Waals surface area contributed by atoms with Crippen LogP contribution in [0.1, 0.15) is 12.1 Å². The first-order valence-corrected chi connectivity index (χ1v) is 4.93. The lowest BCUT2D eigenvalue weighted by Crippen LogP contribution is -2.21. The van der Waals surface area contributed by atoms with Gasteiger partial charge in [0.15, 0.2) is 0 Å². The zero-order chi connectivity index (χ0) is 11.8. The highest BCUT2D eigenvalue weighted by Crippen LogP contribution is 2.29. The summed E-state index contributed by atoms with van der Waals surface area (Å²) < 4.78 is 36.7. The number of alkyl halides is 3. The van der Waals surface area contributed by atoms with E-state index in [2.05, 4.69) is 4.98 Å². The van der Waals surface area contributed by atoms with Gasteiger partial charge in [0.2, 0.25) is 0 Å². The van der Waals surface area contributed by atoms with Gasteiger partial charge in [-0.05, 0) is 18.6 Å². The first-order valence-electron chi connectivity index (χ1n) is 4.93. The van der Waals surface area contributed by atoms with Gasteiger partial charge in [-0.3, -0.25) is 0 Å². The molecule has 1 aliphatic rings. The van der Waals surface area contributed by atoms with E-state index in [1.165, 1.54) is 12.3 Å². The lowest BCUT2D eigenvalue weighted by atomic mass is 10.3. The number of anilines is 1. The number of aromatic nitrogens is 1. The molecule has 0 saturated carbocycles. The number of nitrogens with zero attached hydrogens (tertiary/aromatic N) is 2. The maximum atomic E-state index is 12.2. The Morgan fingerprint density at radius 1 is 1.38 bits per heavy atom. The average Bonchev–Trinajstić information content (AvgIpc) is 2.64. The molecule has 6 heteroatoms.